The molecule has 0 fully saturated rings. The molecule has 0 amide bonds. The number of rotatable bonds is 3. The Morgan fingerprint density at radius 1 is 0.886 bits per heavy atom. The first kappa shape index (κ1) is 23.1. The van der Waals surface area contributed by atoms with E-state index in [1.165, 1.54) is 64.5 Å². The van der Waals surface area contributed by atoms with Crippen LogP contribution in [0, 0.1) is 12.8 Å². The number of aromatic nitrogens is 1. The summed E-state index contributed by atoms with van der Waals surface area (Å²) in [5.41, 5.74) is 5.74. The molecule has 0 bridgehead atoms. The van der Waals surface area contributed by atoms with Gasteiger partial charge >= 0.3 is 217 Å². The number of hydrogen-bond donors (Lipinski definition) is 0. The summed E-state index contributed by atoms with van der Waals surface area (Å²) in [7, 11) is 2.22. The fourth-order valence-corrected chi connectivity index (χ4v) is 9.69. The van der Waals surface area contributed by atoms with Gasteiger partial charge < -0.3 is 0 Å². The Hall–Kier alpha value is -2.30. The minimum atomic E-state index is -1.94. The van der Waals surface area contributed by atoms with Crippen LogP contribution in [0.15, 0.2) is 70.6 Å². The van der Waals surface area contributed by atoms with Crippen LogP contribution in [0.4, 0.5) is 0 Å². The predicted octanol–water partition coefficient (Wildman–Crippen LogP) is 8.15. The van der Waals surface area contributed by atoms with Gasteiger partial charge in [-0.3, -0.25) is 0 Å². The van der Waals surface area contributed by atoms with Gasteiger partial charge in [-0.2, -0.15) is 0 Å². The summed E-state index contributed by atoms with van der Waals surface area (Å²) in [5.74, 6) is 8.07. The Balaban J connectivity index is 1.78. The zero-order valence-corrected chi connectivity index (χ0v) is 24.8. The maximum atomic E-state index is 2.51. The molecule has 1 nitrogen and oxygen atoms in total. The van der Waals surface area contributed by atoms with Crippen molar-refractivity contribution >= 4 is 61.7 Å². The number of benzene rings is 4. The van der Waals surface area contributed by atoms with Crippen LogP contribution in [0.25, 0.3) is 43.6 Å². The molecule has 1 aliphatic rings. The molecule has 1 aromatic heterocycles. The van der Waals surface area contributed by atoms with Crippen LogP contribution >= 0.6 is 11.8 Å². The van der Waals surface area contributed by atoms with E-state index < -0.39 is 13.3 Å². The molecule has 0 radical (unpaired) electrons. The van der Waals surface area contributed by atoms with Gasteiger partial charge in [-0.15, -0.1) is 0 Å². The van der Waals surface area contributed by atoms with Crippen molar-refractivity contribution in [1.82, 2.24) is 0 Å². The van der Waals surface area contributed by atoms with Gasteiger partial charge in [-0.05, 0) is 0 Å². The molecule has 0 spiro atoms. The quantitative estimate of drug-likeness (QED) is 0.125. The van der Waals surface area contributed by atoms with Gasteiger partial charge in [0.25, 0.3) is 0 Å². The fraction of sp³-hybridized carbons (Fsp3) is 0.281. The summed E-state index contributed by atoms with van der Waals surface area (Å²) in [4.78, 5) is 2.86. The van der Waals surface area contributed by atoms with E-state index in [-0.39, 0.29) is 0 Å². The average Bonchev–Trinajstić information content (AvgIpc) is 2.81. The second kappa shape index (κ2) is 8.11. The van der Waals surface area contributed by atoms with E-state index >= 15 is 0 Å². The van der Waals surface area contributed by atoms with Crippen LogP contribution in [-0.4, -0.2) is 13.3 Å². The Morgan fingerprint density at radius 3 is 2.34 bits per heavy atom. The normalized spacial score (nSPS) is 13.3. The van der Waals surface area contributed by atoms with Crippen LogP contribution in [0.1, 0.15) is 25.0 Å². The monoisotopic (exact) mass is 538 g/mol. The molecule has 176 valence electrons. The van der Waals surface area contributed by atoms with Crippen LogP contribution < -0.4 is 8.96 Å². The first-order valence-corrected chi connectivity index (χ1v) is 20.9. The summed E-state index contributed by atoms with van der Waals surface area (Å²) in [6, 6.07) is 21.1. The standard InChI is InChI=1S/C32H34GeNS/c1-19(2)16-27-24-11-9-8-10-23(24)20(3)29-31-30-25(14-15-34(31)7)26-18-22(33(4,5)6)13-12-21(26)17-28(30)35-32(27)29/h8-15,17-19H,16H2,1-7H3/q+1. The Labute approximate surface area is 215 Å². The molecule has 35 heavy (non-hydrogen) atoms. The summed E-state index contributed by atoms with van der Waals surface area (Å²) < 4.78 is 3.94. The number of hydrogen-bond acceptors (Lipinski definition) is 1. The first-order valence-electron chi connectivity index (χ1n) is 12.8. The number of aryl methyl sites for hydroxylation is 2. The predicted molar refractivity (Wildman–Crippen MR) is 156 cm³/mol. The van der Waals surface area contributed by atoms with E-state index in [4.69, 9.17) is 0 Å². The molecule has 6 rings (SSSR count). The van der Waals surface area contributed by atoms with E-state index in [1.54, 1.807) is 4.40 Å². The SMILES string of the molecule is Cc1c2c(c(CC(C)C)c3ccccc13)Sc1cc3cc[c]([Ge]([CH3])([CH3])[CH3])cc3c3cc[n+](C)c-2c13. The van der Waals surface area contributed by atoms with Gasteiger partial charge in [0.1, 0.15) is 0 Å². The van der Waals surface area contributed by atoms with Crippen molar-refractivity contribution in [3.63, 3.8) is 0 Å². The molecule has 1 aliphatic heterocycles. The maximum absolute atomic E-state index is 2.51. The van der Waals surface area contributed by atoms with Gasteiger partial charge in [0, 0.05) is 0 Å². The number of pyridine rings is 1. The Morgan fingerprint density at radius 2 is 1.63 bits per heavy atom. The van der Waals surface area contributed by atoms with Crippen LogP contribution in [0.5, 0.6) is 0 Å². The molecule has 0 saturated carbocycles. The third-order valence-electron chi connectivity index (χ3n) is 7.66. The molecule has 5 aromatic rings. The van der Waals surface area contributed by atoms with Crippen LogP contribution in [0.2, 0.25) is 17.3 Å². The summed E-state index contributed by atoms with van der Waals surface area (Å²) in [5, 5.41) is 8.41. The van der Waals surface area contributed by atoms with E-state index in [0.29, 0.717) is 5.92 Å². The van der Waals surface area contributed by atoms with E-state index in [0.717, 1.165) is 6.42 Å². The molecule has 0 unspecified atom stereocenters. The van der Waals surface area contributed by atoms with Crippen molar-refractivity contribution in [1.29, 1.82) is 0 Å². The van der Waals surface area contributed by atoms with Gasteiger partial charge in [0.2, 0.25) is 0 Å². The van der Waals surface area contributed by atoms with Crippen molar-refractivity contribution in [2.45, 2.75) is 54.3 Å². The second-order valence-electron chi connectivity index (χ2n) is 11.7. The van der Waals surface area contributed by atoms with Crippen molar-refractivity contribution in [3.8, 4) is 11.3 Å². The summed E-state index contributed by atoms with van der Waals surface area (Å²) in [6.45, 7) is 7.01. The molecule has 0 atom stereocenters. The third-order valence-corrected chi connectivity index (χ3v) is 13.1. The number of fused-ring (bicyclic) bond motifs is 5. The van der Waals surface area contributed by atoms with E-state index in [2.05, 4.69) is 110 Å². The molecule has 0 saturated heterocycles. The average molecular weight is 537 g/mol. The topological polar surface area (TPSA) is 3.88 Å². The molecular formula is C32H34GeNS+. The second-order valence-corrected chi connectivity index (χ2v) is 23.4. The molecular weight excluding hydrogens is 503 g/mol. The van der Waals surface area contributed by atoms with Crippen molar-refractivity contribution in [2.75, 3.05) is 0 Å². The molecule has 0 N–H and O–H groups in total. The minimum absolute atomic E-state index is 0.606. The van der Waals surface area contributed by atoms with Gasteiger partial charge in [-0.25, -0.2) is 0 Å². The van der Waals surface area contributed by atoms with Gasteiger partial charge in [0.05, 0.1) is 0 Å². The van der Waals surface area contributed by atoms with Crippen molar-refractivity contribution < 1.29 is 4.57 Å². The summed E-state index contributed by atoms with van der Waals surface area (Å²) >= 11 is 0.0686. The third kappa shape index (κ3) is 3.55. The fourth-order valence-electron chi connectivity index (χ4n) is 5.87. The van der Waals surface area contributed by atoms with Crippen molar-refractivity contribution in [3.05, 3.63) is 71.9 Å². The Bertz CT molecular complexity index is 1670. The van der Waals surface area contributed by atoms with E-state index in [9.17, 15) is 0 Å². The molecule has 2 heterocycles. The first-order chi connectivity index (χ1) is 16.6. The zero-order chi connectivity index (χ0) is 24.6. The van der Waals surface area contributed by atoms with Crippen LogP contribution in [0.3, 0.4) is 0 Å². The van der Waals surface area contributed by atoms with E-state index in [1.807, 2.05) is 11.8 Å². The molecule has 0 aliphatic carbocycles. The zero-order valence-electron chi connectivity index (χ0n) is 21.9. The molecule has 3 heteroatoms. The number of nitrogens with zero attached hydrogens (tertiary/aromatic N) is 1. The molecule has 4 aromatic carbocycles. The van der Waals surface area contributed by atoms with Gasteiger partial charge in [-0.1, -0.05) is 0 Å². The Kier molecular flexibility index (Phi) is 5.36. The van der Waals surface area contributed by atoms with Crippen LogP contribution in [-0.2, 0) is 13.5 Å². The summed E-state index contributed by atoms with van der Waals surface area (Å²) in [6.07, 6.45) is 3.38. The van der Waals surface area contributed by atoms with Gasteiger partial charge in [0.15, 0.2) is 0 Å². The van der Waals surface area contributed by atoms with Crippen molar-refractivity contribution in [2.24, 2.45) is 13.0 Å².